The van der Waals surface area contributed by atoms with Gasteiger partial charge in [0, 0.05) is 38.6 Å². The van der Waals surface area contributed by atoms with E-state index in [2.05, 4.69) is 11.0 Å². The normalized spacial score (nSPS) is 17.6. The SMILES string of the molecule is CN(CC1CCN(CCc2coc3ccccc23)CC1)S(=O)(=O)c1cccc2c1CCN(C(=O)O)C2. The smallest absolute Gasteiger partial charge is 0.407 e. The van der Waals surface area contributed by atoms with Crippen molar-refractivity contribution in [2.24, 2.45) is 5.92 Å². The number of piperidine rings is 1. The zero-order valence-electron chi connectivity index (χ0n) is 20.6. The lowest BCUT2D eigenvalue weighted by atomic mass is 9.96. The molecule has 9 heteroatoms. The van der Waals surface area contributed by atoms with E-state index >= 15 is 0 Å². The van der Waals surface area contributed by atoms with Gasteiger partial charge in [-0.05, 0) is 73.5 Å². The summed E-state index contributed by atoms with van der Waals surface area (Å²) < 4.78 is 34.1. The third-order valence-electron chi connectivity index (χ3n) is 7.66. The average Bonchev–Trinajstić information content (AvgIpc) is 3.30. The van der Waals surface area contributed by atoms with E-state index in [1.54, 1.807) is 19.2 Å². The van der Waals surface area contributed by atoms with Gasteiger partial charge in [-0.2, -0.15) is 0 Å². The summed E-state index contributed by atoms with van der Waals surface area (Å²) in [5.74, 6) is 0.317. The monoisotopic (exact) mass is 511 g/mol. The lowest BCUT2D eigenvalue weighted by Crippen LogP contribution is -2.40. The van der Waals surface area contributed by atoms with E-state index in [9.17, 15) is 18.3 Å². The number of carboxylic acid groups (broad SMARTS) is 1. The highest BCUT2D eigenvalue weighted by Gasteiger charge is 2.31. The van der Waals surface area contributed by atoms with Gasteiger partial charge in [-0.3, -0.25) is 0 Å². The molecule has 1 amide bonds. The first-order chi connectivity index (χ1) is 17.3. The van der Waals surface area contributed by atoms with Crippen molar-refractivity contribution in [2.45, 2.75) is 37.1 Å². The number of amides is 1. The van der Waals surface area contributed by atoms with Crippen molar-refractivity contribution >= 4 is 27.1 Å². The molecule has 0 radical (unpaired) electrons. The predicted octanol–water partition coefficient (Wildman–Crippen LogP) is 4.04. The Kier molecular flexibility index (Phi) is 7.05. The van der Waals surface area contributed by atoms with Crippen LogP contribution < -0.4 is 0 Å². The Hall–Kier alpha value is -2.88. The molecule has 0 saturated carbocycles. The van der Waals surface area contributed by atoms with Crippen LogP contribution in [-0.2, 0) is 29.4 Å². The molecule has 0 atom stereocenters. The van der Waals surface area contributed by atoms with Crippen molar-refractivity contribution in [1.29, 1.82) is 0 Å². The van der Waals surface area contributed by atoms with Crippen LogP contribution in [0.15, 0.2) is 58.0 Å². The highest BCUT2D eigenvalue weighted by atomic mass is 32.2. The number of sulfonamides is 1. The highest BCUT2D eigenvalue weighted by Crippen LogP contribution is 2.29. The number of furan rings is 1. The molecule has 3 aromatic rings. The molecule has 3 heterocycles. The third-order valence-corrected chi connectivity index (χ3v) is 9.57. The summed E-state index contributed by atoms with van der Waals surface area (Å²) in [5.41, 5.74) is 3.69. The van der Waals surface area contributed by atoms with Crippen LogP contribution in [0.3, 0.4) is 0 Å². The maximum atomic E-state index is 13.5. The van der Waals surface area contributed by atoms with Crippen molar-refractivity contribution in [3.63, 3.8) is 0 Å². The number of hydrogen-bond donors (Lipinski definition) is 1. The standard InChI is InChI=1S/C27H33N3O5S/c1-28(36(33,34)26-8-4-5-21-18-30(27(31)32)16-12-24(21)26)17-20-9-13-29(14-10-20)15-11-22-19-35-25-7-3-2-6-23(22)25/h2-8,19-20H,9-18H2,1H3,(H,31,32). The average molecular weight is 512 g/mol. The third kappa shape index (κ3) is 5.00. The van der Waals surface area contributed by atoms with Crippen LogP contribution in [0, 0.1) is 5.92 Å². The Balaban J connectivity index is 1.16. The molecule has 0 spiro atoms. The second-order valence-electron chi connectivity index (χ2n) is 9.93. The van der Waals surface area contributed by atoms with Gasteiger partial charge in [0.25, 0.3) is 0 Å². The van der Waals surface area contributed by atoms with Crippen LogP contribution in [0.4, 0.5) is 4.79 Å². The number of nitrogens with zero attached hydrogens (tertiary/aromatic N) is 3. The maximum absolute atomic E-state index is 13.5. The van der Waals surface area contributed by atoms with E-state index in [1.165, 1.54) is 20.2 Å². The molecule has 0 bridgehead atoms. The Morgan fingerprint density at radius 3 is 2.67 bits per heavy atom. The van der Waals surface area contributed by atoms with Gasteiger partial charge in [-0.1, -0.05) is 30.3 Å². The summed E-state index contributed by atoms with van der Waals surface area (Å²) in [6, 6.07) is 13.3. The molecule has 8 nitrogen and oxygen atoms in total. The van der Waals surface area contributed by atoms with Crippen molar-refractivity contribution in [2.75, 3.05) is 39.8 Å². The number of fused-ring (bicyclic) bond motifs is 2. The fourth-order valence-corrected chi connectivity index (χ4v) is 7.04. The molecule has 192 valence electrons. The lowest BCUT2D eigenvalue weighted by molar-refractivity contribution is 0.139. The van der Waals surface area contributed by atoms with Gasteiger partial charge < -0.3 is 19.3 Å². The fraction of sp³-hybridized carbons (Fsp3) is 0.444. The molecular weight excluding hydrogens is 478 g/mol. The van der Waals surface area contributed by atoms with Gasteiger partial charge in [-0.15, -0.1) is 0 Å². The molecule has 1 fully saturated rings. The molecule has 1 aromatic heterocycles. The quantitative estimate of drug-likeness (QED) is 0.515. The molecule has 2 aliphatic heterocycles. The zero-order chi connectivity index (χ0) is 25.3. The van der Waals surface area contributed by atoms with E-state index in [-0.39, 0.29) is 6.54 Å². The molecule has 1 saturated heterocycles. The van der Waals surface area contributed by atoms with E-state index in [4.69, 9.17) is 4.42 Å². The second-order valence-corrected chi connectivity index (χ2v) is 11.9. The summed E-state index contributed by atoms with van der Waals surface area (Å²) in [6.07, 6.45) is 4.16. The fourth-order valence-electron chi connectivity index (χ4n) is 5.51. The maximum Gasteiger partial charge on any atom is 0.407 e. The molecule has 0 unspecified atom stereocenters. The second kappa shape index (κ2) is 10.2. The summed E-state index contributed by atoms with van der Waals surface area (Å²) >= 11 is 0. The van der Waals surface area contributed by atoms with Crippen LogP contribution in [-0.4, -0.2) is 73.5 Å². The Morgan fingerprint density at radius 2 is 1.89 bits per heavy atom. The van der Waals surface area contributed by atoms with Crippen LogP contribution >= 0.6 is 0 Å². The topological polar surface area (TPSA) is 94.3 Å². The first-order valence-electron chi connectivity index (χ1n) is 12.6. The number of para-hydroxylation sites is 1. The minimum Gasteiger partial charge on any atom is -0.465 e. The van der Waals surface area contributed by atoms with Crippen molar-refractivity contribution in [3.05, 3.63) is 65.4 Å². The summed E-state index contributed by atoms with van der Waals surface area (Å²) in [7, 11) is -1.98. The van der Waals surface area contributed by atoms with Crippen molar-refractivity contribution in [3.8, 4) is 0 Å². The minimum absolute atomic E-state index is 0.227. The molecule has 0 aliphatic carbocycles. The molecule has 1 N–H and O–H groups in total. The van der Waals surface area contributed by atoms with Crippen LogP contribution in [0.5, 0.6) is 0 Å². The van der Waals surface area contributed by atoms with E-state index in [1.807, 2.05) is 30.5 Å². The number of benzene rings is 2. The molecule has 2 aliphatic rings. The van der Waals surface area contributed by atoms with E-state index in [0.717, 1.165) is 55.6 Å². The highest BCUT2D eigenvalue weighted by molar-refractivity contribution is 7.89. The van der Waals surface area contributed by atoms with Crippen molar-refractivity contribution < 1.29 is 22.7 Å². The van der Waals surface area contributed by atoms with Gasteiger partial charge in [0.1, 0.15) is 5.58 Å². The minimum atomic E-state index is -3.65. The van der Waals surface area contributed by atoms with Crippen LogP contribution in [0.1, 0.15) is 29.5 Å². The first kappa shape index (κ1) is 24.8. The number of carbonyl (C=O) groups is 1. The predicted molar refractivity (Wildman–Crippen MR) is 137 cm³/mol. The van der Waals surface area contributed by atoms with Gasteiger partial charge in [0.15, 0.2) is 0 Å². The van der Waals surface area contributed by atoms with E-state index in [0.29, 0.717) is 30.3 Å². The van der Waals surface area contributed by atoms with Crippen LogP contribution in [0.25, 0.3) is 11.0 Å². The summed E-state index contributed by atoms with van der Waals surface area (Å²) in [6.45, 7) is 3.91. The number of rotatable bonds is 7. The van der Waals surface area contributed by atoms with Gasteiger partial charge in [0.2, 0.25) is 10.0 Å². The van der Waals surface area contributed by atoms with Gasteiger partial charge >= 0.3 is 6.09 Å². The molecule has 2 aromatic carbocycles. The largest absolute Gasteiger partial charge is 0.465 e. The summed E-state index contributed by atoms with van der Waals surface area (Å²) in [4.78, 5) is 15.4. The number of likely N-dealkylation sites (tertiary alicyclic amines) is 1. The van der Waals surface area contributed by atoms with E-state index < -0.39 is 16.1 Å². The van der Waals surface area contributed by atoms with Crippen molar-refractivity contribution in [1.82, 2.24) is 14.1 Å². The Labute approximate surface area is 212 Å². The lowest BCUT2D eigenvalue weighted by Gasteiger charge is -2.34. The summed E-state index contributed by atoms with van der Waals surface area (Å²) in [5, 5.41) is 10.5. The molecular formula is C27H33N3O5S. The van der Waals surface area contributed by atoms with Crippen LogP contribution in [0.2, 0.25) is 0 Å². The van der Waals surface area contributed by atoms with Gasteiger partial charge in [-0.25, -0.2) is 17.5 Å². The number of hydrogen-bond acceptors (Lipinski definition) is 5. The zero-order valence-corrected chi connectivity index (χ0v) is 21.4. The van der Waals surface area contributed by atoms with Gasteiger partial charge in [0.05, 0.1) is 11.2 Å². The molecule has 36 heavy (non-hydrogen) atoms. The molecule has 5 rings (SSSR count). The Bertz CT molecular complexity index is 1340. The Morgan fingerprint density at radius 1 is 1.11 bits per heavy atom. The first-order valence-corrected chi connectivity index (χ1v) is 14.0.